The summed E-state index contributed by atoms with van der Waals surface area (Å²) in [5, 5.41) is 6.66. The minimum atomic E-state index is -0.159. The number of halogens is 3. The van der Waals surface area contributed by atoms with Gasteiger partial charge in [0.25, 0.3) is 0 Å². The Morgan fingerprint density at radius 1 is 1.38 bits per heavy atom. The molecule has 0 aliphatic heterocycles. The van der Waals surface area contributed by atoms with Crippen LogP contribution in [0, 0.1) is 5.82 Å². The van der Waals surface area contributed by atoms with Gasteiger partial charge in [0.05, 0.1) is 0 Å². The van der Waals surface area contributed by atoms with Gasteiger partial charge in [0.1, 0.15) is 5.82 Å². The molecule has 0 spiro atoms. The molecule has 0 atom stereocenters. The van der Waals surface area contributed by atoms with Gasteiger partial charge in [-0.15, -0.1) is 24.0 Å². The smallest absolute Gasteiger partial charge is 0.191 e. The van der Waals surface area contributed by atoms with E-state index in [1.54, 1.807) is 13.1 Å². The number of nitrogens with zero attached hydrogens (tertiary/aromatic N) is 1. The first-order chi connectivity index (χ1) is 9.69. The van der Waals surface area contributed by atoms with E-state index in [1.807, 2.05) is 6.07 Å². The molecule has 0 amide bonds. The lowest BCUT2D eigenvalue weighted by molar-refractivity contribution is 0.599. The lowest BCUT2D eigenvalue weighted by atomic mass is 10.1. The summed E-state index contributed by atoms with van der Waals surface area (Å²) in [6.45, 7) is 0.666. The maximum absolute atomic E-state index is 13.6. The molecule has 2 N–H and O–H groups in total. The van der Waals surface area contributed by atoms with Gasteiger partial charge >= 0.3 is 0 Å². The number of aliphatic imine (C=N–C) groups is 1. The monoisotopic (exact) mass is 469 g/mol. The van der Waals surface area contributed by atoms with Gasteiger partial charge in [0, 0.05) is 24.1 Å². The molecule has 1 aliphatic carbocycles. The Hall–Kier alpha value is -0.370. The molecule has 0 saturated heterocycles. The van der Waals surface area contributed by atoms with Crippen molar-refractivity contribution in [2.45, 2.75) is 38.1 Å². The summed E-state index contributed by atoms with van der Waals surface area (Å²) < 4.78 is 14.5. The van der Waals surface area contributed by atoms with Crippen molar-refractivity contribution in [2.24, 2.45) is 4.99 Å². The lowest BCUT2D eigenvalue weighted by Gasteiger charge is -2.16. The first-order valence-corrected chi connectivity index (χ1v) is 7.89. The molecule has 1 aliphatic rings. The summed E-state index contributed by atoms with van der Waals surface area (Å²) in [4.78, 5) is 4.21. The molecule has 1 fully saturated rings. The molecule has 2 rings (SSSR count). The normalized spacial score (nSPS) is 15.7. The number of nitrogens with one attached hydrogen (secondary N) is 2. The maximum Gasteiger partial charge on any atom is 0.191 e. The average molecular weight is 470 g/mol. The molecular weight excluding hydrogens is 448 g/mol. The third-order valence-electron chi connectivity index (χ3n) is 3.61. The van der Waals surface area contributed by atoms with Crippen molar-refractivity contribution in [1.29, 1.82) is 0 Å². The van der Waals surface area contributed by atoms with E-state index >= 15 is 0 Å². The van der Waals surface area contributed by atoms with E-state index in [0.717, 1.165) is 10.4 Å². The highest BCUT2D eigenvalue weighted by molar-refractivity contribution is 14.0. The van der Waals surface area contributed by atoms with E-state index in [9.17, 15) is 4.39 Å². The highest BCUT2D eigenvalue weighted by Gasteiger charge is 2.15. The fourth-order valence-electron chi connectivity index (χ4n) is 2.51. The number of hydrogen-bond donors (Lipinski definition) is 2. The van der Waals surface area contributed by atoms with Crippen LogP contribution in [0.5, 0.6) is 0 Å². The fraction of sp³-hybridized carbons (Fsp3) is 0.533. The lowest BCUT2D eigenvalue weighted by Crippen LogP contribution is -2.43. The molecule has 0 aromatic heterocycles. The zero-order valence-corrected chi connectivity index (χ0v) is 16.1. The van der Waals surface area contributed by atoms with Gasteiger partial charge in [-0.3, -0.25) is 4.99 Å². The van der Waals surface area contributed by atoms with E-state index < -0.39 is 0 Å². The average Bonchev–Trinajstić information content (AvgIpc) is 2.94. The number of benzene rings is 1. The molecule has 0 radical (unpaired) electrons. The Balaban J connectivity index is 0.00000220. The summed E-state index contributed by atoms with van der Waals surface area (Å²) in [7, 11) is 1.77. The molecule has 6 heteroatoms. The van der Waals surface area contributed by atoms with Crippen LogP contribution in [-0.4, -0.2) is 25.6 Å². The van der Waals surface area contributed by atoms with Crippen LogP contribution in [-0.2, 0) is 6.42 Å². The highest BCUT2D eigenvalue weighted by Crippen LogP contribution is 2.17. The summed E-state index contributed by atoms with van der Waals surface area (Å²) in [5.41, 5.74) is 0.711. The molecule has 1 aromatic carbocycles. The Morgan fingerprint density at radius 3 is 2.76 bits per heavy atom. The van der Waals surface area contributed by atoms with Crippen molar-refractivity contribution in [3.05, 3.63) is 34.1 Å². The van der Waals surface area contributed by atoms with E-state index in [1.165, 1.54) is 31.7 Å². The minimum Gasteiger partial charge on any atom is -0.356 e. The van der Waals surface area contributed by atoms with Gasteiger partial charge in [-0.25, -0.2) is 4.39 Å². The molecule has 118 valence electrons. The molecule has 1 saturated carbocycles. The standard InChI is InChI=1S/C15H21BrFN3.HI/c1-18-15(20-13-4-2-3-5-13)19-9-8-11-10-12(16)6-7-14(11)17;/h6-7,10,13H,2-5,8-9H2,1H3,(H2,18,19,20);1H. The van der Waals surface area contributed by atoms with Crippen LogP contribution in [0.25, 0.3) is 0 Å². The minimum absolute atomic E-state index is 0. The van der Waals surface area contributed by atoms with E-state index in [2.05, 4.69) is 31.6 Å². The summed E-state index contributed by atoms with van der Waals surface area (Å²) in [6, 6.07) is 5.56. The van der Waals surface area contributed by atoms with Crippen LogP contribution in [0.1, 0.15) is 31.2 Å². The second-order valence-electron chi connectivity index (χ2n) is 5.11. The molecule has 1 aromatic rings. The van der Waals surface area contributed by atoms with Crippen molar-refractivity contribution >= 4 is 45.9 Å². The van der Waals surface area contributed by atoms with Gasteiger partial charge < -0.3 is 10.6 Å². The second kappa shape index (κ2) is 9.61. The predicted octanol–water partition coefficient (Wildman–Crippen LogP) is 3.86. The topological polar surface area (TPSA) is 36.4 Å². The molecule has 3 nitrogen and oxygen atoms in total. The second-order valence-corrected chi connectivity index (χ2v) is 6.03. The Bertz CT molecular complexity index is 476. The SMILES string of the molecule is CN=C(NCCc1cc(Br)ccc1F)NC1CCCC1.I. The Labute approximate surface area is 151 Å². The van der Waals surface area contributed by atoms with Crippen LogP contribution in [0.4, 0.5) is 4.39 Å². The van der Waals surface area contributed by atoms with Gasteiger partial charge in [0.15, 0.2) is 5.96 Å². The summed E-state index contributed by atoms with van der Waals surface area (Å²) in [6.07, 6.45) is 5.63. The van der Waals surface area contributed by atoms with E-state index in [0.29, 0.717) is 24.6 Å². The first-order valence-electron chi connectivity index (χ1n) is 7.10. The Kier molecular flexibility index (Phi) is 8.55. The third-order valence-corrected chi connectivity index (χ3v) is 4.11. The van der Waals surface area contributed by atoms with Crippen molar-refractivity contribution in [1.82, 2.24) is 10.6 Å². The highest BCUT2D eigenvalue weighted by atomic mass is 127. The Morgan fingerprint density at radius 2 is 2.10 bits per heavy atom. The number of guanidine groups is 1. The zero-order chi connectivity index (χ0) is 14.4. The van der Waals surface area contributed by atoms with Crippen LogP contribution < -0.4 is 10.6 Å². The van der Waals surface area contributed by atoms with Crippen LogP contribution in [0.2, 0.25) is 0 Å². The van der Waals surface area contributed by atoms with Crippen molar-refractivity contribution in [3.8, 4) is 0 Å². The molecule has 0 bridgehead atoms. The van der Waals surface area contributed by atoms with Crippen molar-refractivity contribution in [2.75, 3.05) is 13.6 Å². The van der Waals surface area contributed by atoms with E-state index in [4.69, 9.17) is 0 Å². The maximum atomic E-state index is 13.6. The zero-order valence-electron chi connectivity index (χ0n) is 12.2. The summed E-state index contributed by atoms with van der Waals surface area (Å²) in [5.74, 6) is 0.654. The molecule has 0 heterocycles. The summed E-state index contributed by atoms with van der Waals surface area (Å²) >= 11 is 3.37. The fourth-order valence-corrected chi connectivity index (χ4v) is 2.92. The van der Waals surface area contributed by atoms with Crippen molar-refractivity contribution in [3.63, 3.8) is 0 Å². The molecular formula is C15H22BrFIN3. The number of hydrogen-bond acceptors (Lipinski definition) is 1. The first kappa shape index (κ1) is 18.7. The van der Waals surface area contributed by atoms with E-state index in [-0.39, 0.29) is 29.8 Å². The number of rotatable bonds is 4. The van der Waals surface area contributed by atoms with Gasteiger partial charge in [-0.05, 0) is 43.0 Å². The van der Waals surface area contributed by atoms with Crippen LogP contribution >= 0.6 is 39.9 Å². The van der Waals surface area contributed by atoms with Gasteiger partial charge in [0.2, 0.25) is 0 Å². The van der Waals surface area contributed by atoms with Gasteiger partial charge in [-0.2, -0.15) is 0 Å². The predicted molar refractivity (Wildman–Crippen MR) is 100.0 cm³/mol. The largest absolute Gasteiger partial charge is 0.356 e. The third kappa shape index (κ3) is 6.10. The molecule has 0 unspecified atom stereocenters. The van der Waals surface area contributed by atoms with Crippen LogP contribution in [0.15, 0.2) is 27.7 Å². The quantitative estimate of drug-likeness (QED) is 0.399. The molecule has 21 heavy (non-hydrogen) atoms. The van der Waals surface area contributed by atoms with Gasteiger partial charge in [-0.1, -0.05) is 28.8 Å². The van der Waals surface area contributed by atoms with Crippen LogP contribution in [0.3, 0.4) is 0 Å². The van der Waals surface area contributed by atoms with Crippen molar-refractivity contribution < 1.29 is 4.39 Å².